The normalized spacial score (nSPS) is 12.2. The summed E-state index contributed by atoms with van der Waals surface area (Å²) in [6, 6.07) is 0. The van der Waals surface area contributed by atoms with Gasteiger partial charge in [0.05, 0.1) is 6.67 Å². The van der Waals surface area contributed by atoms with Gasteiger partial charge in [-0.15, -0.1) is 0 Å². The Labute approximate surface area is 64.1 Å². The number of nitrogens with zero attached hydrogens (tertiary/aromatic N) is 2. The fourth-order valence-electron chi connectivity index (χ4n) is 0.826. The fourth-order valence-corrected chi connectivity index (χ4v) is 0.826. The van der Waals surface area contributed by atoms with Gasteiger partial charge in [-0.2, -0.15) is 0 Å². The second-order valence-electron chi connectivity index (χ2n) is 2.83. The summed E-state index contributed by atoms with van der Waals surface area (Å²) < 4.78 is 0. The lowest BCUT2D eigenvalue weighted by Crippen LogP contribution is -2.30. The summed E-state index contributed by atoms with van der Waals surface area (Å²) in [6.07, 6.45) is 4.23. The summed E-state index contributed by atoms with van der Waals surface area (Å²) in [5, 5.41) is 0. The average molecular weight is 142 g/mol. The van der Waals surface area contributed by atoms with Crippen LogP contribution in [0.4, 0.5) is 0 Å². The zero-order valence-corrected chi connectivity index (χ0v) is 7.46. The summed E-state index contributed by atoms with van der Waals surface area (Å²) in [5.41, 5.74) is 0. The molecule has 0 spiro atoms. The molecule has 10 heavy (non-hydrogen) atoms. The van der Waals surface area contributed by atoms with Gasteiger partial charge in [-0.25, -0.2) is 0 Å². The van der Waals surface area contributed by atoms with Gasteiger partial charge in [0.2, 0.25) is 0 Å². The Morgan fingerprint density at radius 2 is 1.80 bits per heavy atom. The third-order valence-electron chi connectivity index (χ3n) is 1.18. The molecule has 2 heteroatoms. The third kappa shape index (κ3) is 5.79. The molecule has 60 valence electrons. The van der Waals surface area contributed by atoms with E-state index < -0.39 is 0 Å². The van der Waals surface area contributed by atoms with Gasteiger partial charge in [-0.05, 0) is 28.1 Å². The highest BCUT2D eigenvalue weighted by Crippen LogP contribution is 1.84. The number of likely N-dealkylation sites (N-methyl/N-ethyl adjacent to an activating group) is 1. The van der Waals surface area contributed by atoms with E-state index >= 15 is 0 Å². The number of hydrogen-bond acceptors (Lipinski definition) is 2. The zero-order chi connectivity index (χ0) is 7.98. The first kappa shape index (κ1) is 9.66. The lowest BCUT2D eigenvalue weighted by atomic mass is 10.5. The van der Waals surface area contributed by atoms with Crippen LogP contribution in [-0.2, 0) is 0 Å². The van der Waals surface area contributed by atoms with Crippen molar-refractivity contribution in [3.05, 3.63) is 12.2 Å². The Balaban J connectivity index is 3.33. The quantitative estimate of drug-likeness (QED) is 0.427. The minimum Gasteiger partial charge on any atom is -0.297 e. The Morgan fingerprint density at radius 1 is 1.20 bits per heavy atom. The van der Waals surface area contributed by atoms with Crippen LogP contribution >= 0.6 is 0 Å². The Bertz CT molecular complexity index is 97.4. The van der Waals surface area contributed by atoms with Crippen LogP contribution in [0.5, 0.6) is 0 Å². The monoisotopic (exact) mass is 142 g/mol. The molecule has 0 saturated heterocycles. The lowest BCUT2D eigenvalue weighted by molar-refractivity contribution is 0.227. The van der Waals surface area contributed by atoms with Gasteiger partial charge >= 0.3 is 0 Å². The van der Waals surface area contributed by atoms with Crippen molar-refractivity contribution in [3.8, 4) is 0 Å². The summed E-state index contributed by atoms with van der Waals surface area (Å²) in [5.74, 6) is 0. The largest absolute Gasteiger partial charge is 0.297 e. The van der Waals surface area contributed by atoms with Gasteiger partial charge in [0, 0.05) is 6.54 Å². The Hall–Kier alpha value is -0.340. The average Bonchev–Trinajstić information content (AvgIpc) is 1.82. The highest BCUT2D eigenvalue weighted by Gasteiger charge is 1.94. The van der Waals surface area contributed by atoms with Gasteiger partial charge < -0.3 is 0 Å². The molecule has 0 rings (SSSR count). The van der Waals surface area contributed by atoms with E-state index in [9.17, 15) is 0 Å². The maximum Gasteiger partial charge on any atom is 0.0500 e. The summed E-state index contributed by atoms with van der Waals surface area (Å²) in [7, 11) is 6.26. The van der Waals surface area contributed by atoms with Crippen molar-refractivity contribution in [1.29, 1.82) is 0 Å². The predicted octanol–water partition coefficient (Wildman–Crippen LogP) is 1.01. The van der Waals surface area contributed by atoms with Crippen LogP contribution in [0.3, 0.4) is 0 Å². The molecule has 0 bridgehead atoms. The van der Waals surface area contributed by atoms with Crippen molar-refractivity contribution in [3.63, 3.8) is 0 Å². The molecule has 0 aromatic heterocycles. The lowest BCUT2D eigenvalue weighted by Gasteiger charge is -2.19. The first-order chi connectivity index (χ1) is 4.66. The first-order valence-corrected chi connectivity index (χ1v) is 3.61. The molecule has 0 aromatic carbocycles. The van der Waals surface area contributed by atoms with Crippen LogP contribution in [0, 0.1) is 0 Å². The molecule has 0 aromatic rings. The van der Waals surface area contributed by atoms with Crippen LogP contribution in [0.1, 0.15) is 6.92 Å². The topological polar surface area (TPSA) is 6.48 Å². The fraction of sp³-hybridized carbons (Fsp3) is 0.750. The van der Waals surface area contributed by atoms with Crippen LogP contribution in [0.25, 0.3) is 0 Å². The van der Waals surface area contributed by atoms with Crippen LogP contribution in [0.2, 0.25) is 0 Å². The summed E-state index contributed by atoms with van der Waals surface area (Å²) in [6.45, 7) is 4.10. The Morgan fingerprint density at radius 3 is 2.20 bits per heavy atom. The molecule has 0 fully saturated rings. The second-order valence-corrected chi connectivity index (χ2v) is 2.83. The molecule has 0 atom stereocenters. The third-order valence-corrected chi connectivity index (χ3v) is 1.18. The van der Waals surface area contributed by atoms with Gasteiger partial charge in [0.15, 0.2) is 0 Å². The van der Waals surface area contributed by atoms with Crippen molar-refractivity contribution in [2.75, 3.05) is 34.4 Å². The van der Waals surface area contributed by atoms with E-state index in [0.29, 0.717) is 0 Å². The van der Waals surface area contributed by atoms with E-state index in [4.69, 9.17) is 0 Å². The van der Waals surface area contributed by atoms with Gasteiger partial charge in [-0.1, -0.05) is 12.2 Å². The van der Waals surface area contributed by atoms with Gasteiger partial charge in [0.1, 0.15) is 0 Å². The van der Waals surface area contributed by atoms with Crippen LogP contribution in [0.15, 0.2) is 12.2 Å². The van der Waals surface area contributed by atoms with E-state index in [2.05, 4.69) is 43.1 Å². The van der Waals surface area contributed by atoms with Crippen LogP contribution < -0.4 is 0 Å². The van der Waals surface area contributed by atoms with Gasteiger partial charge in [0.25, 0.3) is 0 Å². The van der Waals surface area contributed by atoms with Crippen LogP contribution in [-0.4, -0.2) is 44.2 Å². The first-order valence-electron chi connectivity index (χ1n) is 3.61. The molecule has 0 aliphatic carbocycles. The van der Waals surface area contributed by atoms with E-state index in [-0.39, 0.29) is 0 Å². The van der Waals surface area contributed by atoms with Crippen molar-refractivity contribution in [1.82, 2.24) is 9.80 Å². The number of allylic oxidation sites excluding steroid dienone is 1. The molecule has 0 aliphatic rings. The van der Waals surface area contributed by atoms with Crippen molar-refractivity contribution in [2.24, 2.45) is 0 Å². The van der Waals surface area contributed by atoms with E-state index in [1.54, 1.807) is 0 Å². The van der Waals surface area contributed by atoms with E-state index in [1.807, 2.05) is 6.92 Å². The Kier molecular flexibility index (Phi) is 5.26. The number of hydrogen-bond donors (Lipinski definition) is 0. The minimum absolute atomic E-state index is 1.02. The molecule has 0 amide bonds. The molecular weight excluding hydrogens is 124 g/mol. The maximum absolute atomic E-state index is 2.25. The molecular formula is C8H18N2. The van der Waals surface area contributed by atoms with E-state index in [0.717, 1.165) is 13.2 Å². The molecule has 0 N–H and O–H groups in total. The second kappa shape index (κ2) is 5.45. The highest BCUT2D eigenvalue weighted by atomic mass is 15.3. The van der Waals surface area contributed by atoms with Crippen molar-refractivity contribution < 1.29 is 0 Å². The van der Waals surface area contributed by atoms with Crippen molar-refractivity contribution >= 4 is 0 Å². The van der Waals surface area contributed by atoms with E-state index in [1.165, 1.54) is 0 Å². The maximum atomic E-state index is 2.25. The molecule has 0 heterocycles. The predicted molar refractivity (Wildman–Crippen MR) is 46.0 cm³/mol. The standard InChI is InChI=1S/C8H18N2/c1-5-6-7-10(4)8-9(2)3/h5-6H,7-8H2,1-4H3/b6-5+. The molecule has 0 aliphatic heterocycles. The van der Waals surface area contributed by atoms with Gasteiger partial charge in [-0.3, -0.25) is 9.80 Å². The number of rotatable bonds is 4. The molecule has 0 unspecified atom stereocenters. The summed E-state index contributed by atoms with van der Waals surface area (Å²) in [4.78, 5) is 4.41. The minimum atomic E-state index is 1.02. The molecule has 2 nitrogen and oxygen atoms in total. The summed E-state index contributed by atoms with van der Waals surface area (Å²) >= 11 is 0. The van der Waals surface area contributed by atoms with Crippen molar-refractivity contribution in [2.45, 2.75) is 6.92 Å². The SMILES string of the molecule is C/C=C/CN(C)CN(C)C. The molecule has 0 saturated carbocycles. The highest BCUT2D eigenvalue weighted by molar-refractivity contribution is 4.79. The smallest absolute Gasteiger partial charge is 0.0500 e. The molecule has 0 radical (unpaired) electrons. The zero-order valence-electron chi connectivity index (χ0n) is 7.46.